The molecule has 0 aliphatic carbocycles. The van der Waals surface area contributed by atoms with E-state index in [9.17, 15) is 4.79 Å². The Kier molecular flexibility index (Phi) is 5.84. The number of nitrogens with one attached hydrogen (secondary N) is 1. The maximum absolute atomic E-state index is 12.6. The van der Waals surface area contributed by atoms with Crippen molar-refractivity contribution in [3.05, 3.63) is 53.2 Å². The summed E-state index contributed by atoms with van der Waals surface area (Å²) in [6, 6.07) is 10.1. The minimum Gasteiger partial charge on any atom is -0.396 e. The maximum atomic E-state index is 12.6. The van der Waals surface area contributed by atoms with E-state index in [0.717, 1.165) is 25.3 Å². The molecule has 0 radical (unpaired) electrons. The van der Waals surface area contributed by atoms with E-state index in [1.165, 1.54) is 16.7 Å². The monoisotopic (exact) mass is 367 g/mol. The van der Waals surface area contributed by atoms with E-state index in [4.69, 9.17) is 5.73 Å². The normalized spacial score (nSPS) is 17.1. The number of aryl methyl sites for hydroxylation is 1. The van der Waals surface area contributed by atoms with Crippen molar-refractivity contribution in [2.45, 2.75) is 33.2 Å². The SMILES string of the molecule is Cc1cccc(CCNC(=O)N2CCN(c3ncccc3N)C[C@H]2C)c1C. The fourth-order valence-electron chi connectivity index (χ4n) is 3.61. The number of piperazine rings is 1. The fourth-order valence-corrected chi connectivity index (χ4v) is 3.61. The van der Waals surface area contributed by atoms with Gasteiger partial charge in [0.15, 0.2) is 5.82 Å². The molecule has 6 heteroatoms. The van der Waals surface area contributed by atoms with Gasteiger partial charge in [-0.05, 0) is 56.0 Å². The van der Waals surface area contributed by atoms with Gasteiger partial charge in [-0.1, -0.05) is 18.2 Å². The highest BCUT2D eigenvalue weighted by Gasteiger charge is 2.28. The Bertz CT molecular complexity index is 807. The predicted molar refractivity (Wildman–Crippen MR) is 110 cm³/mol. The van der Waals surface area contributed by atoms with E-state index >= 15 is 0 Å². The Morgan fingerprint density at radius 2 is 2.07 bits per heavy atom. The second kappa shape index (κ2) is 8.29. The third-order valence-corrected chi connectivity index (χ3v) is 5.39. The smallest absolute Gasteiger partial charge is 0.317 e. The number of hydrogen-bond donors (Lipinski definition) is 2. The number of carbonyl (C=O) groups excluding carboxylic acids is 1. The van der Waals surface area contributed by atoms with Gasteiger partial charge in [0.05, 0.1) is 5.69 Å². The molecule has 0 spiro atoms. The Morgan fingerprint density at radius 1 is 1.26 bits per heavy atom. The zero-order valence-corrected chi connectivity index (χ0v) is 16.4. The number of carbonyl (C=O) groups is 1. The molecule has 2 amide bonds. The van der Waals surface area contributed by atoms with Crippen LogP contribution in [0.15, 0.2) is 36.5 Å². The van der Waals surface area contributed by atoms with Crippen molar-refractivity contribution in [2.24, 2.45) is 0 Å². The fraction of sp³-hybridized carbons (Fsp3) is 0.429. The van der Waals surface area contributed by atoms with Crippen LogP contribution in [0.25, 0.3) is 0 Å². The molecule has 2 aromatic rings. The molecule has 0 bridgehead atoms. The lowest BCUT2D eigenvalue weighted by Gasteiger charge is -2.40. The van der Waals surface area contributed by atoms with Gasteiger partial charge in [-0.25, -0.2) is 9.78 Å². The Morgan fingerprint density at radius 3 is 2.81 bits per heavy atom. The first kappa shape index (κ1) is 19.0. The average Bonchev–Trinajstić information content (AvgIpc) is 2.65. The molecule has 3 N–H and O–H groups in total. The summed E-state index contributed by atoms with van der Waals surface area (Å²) in [6.07, 6.45) is 2.60. The van der Waals surface area contributed by atoms with Gasteiger partial charge in [0.2, 0.25) is 0 Å². The summed E-state index contributed by atoms with van der Waals surface area (Å²) in [4.78, 5) is 21.1. The number of pyridine rings is 1. The van der Waals surface area contributed by atoms with Crippen molar-refractivity contribution in [3.63, 3.8) is 0 Å². The van der Waals surface area contributed by atoms with Crippen LogP contribution in [-0.4, -0.2) is 48.1 Å². The quantitative estimate of drug-likeness (QED) is 0.871. The number of anilines is 2. The molecule has 144 valence electrons. The third-order valence-electron chi connectivity index (χ3n) is 5.39. The first-order chi connectivity index (χ1) is 13.0. The van der Waals surface area contributed by atoms with Crippen molar-refractivity contribution in [3.8, 4) is 0 Å². The van der Waals surface area contributed by atoms with Crippen LogP contribution < -0.4 is 16.0 Å². The molecule has 1 fully saturated rings. The highest BCUT2D eigenvalue weighted by Crippen LogP contribution is 2.22. The van der Waals surface area contributed by atoms with Crippen LogP contribution in [0.3, 0.4) is 0 Å². The van der Waals surface area contributed by atoms with Gasteiger partial charge < -0.3 is 20.9 Å². The summed E-state index contributed by atoms with van der Waals surface area (Å²) in [5, 5.41) is 3.07. The van der Waals surface area contributed by atoms with Gasteiger partial charge in [-0.15, -0.1) is 0 Å². The van der Waals surface area contributed by atoms with Crippen molar-refractivity contribution in [1.29, 1.82) is 0 Å². The van der Waals surface area contributed by atoms with Gasteiger partial charge in [-0.2, -0.15) is 0 Å². The summed E-state index contributed by atoms with van der Waals surface area (Å²) in [5.74, 6) is 0.805. The minimum absolute atomic E-state index is 0.00134. The molecule has 0 saturated carbocycles. The molecular weight excluding hydrogens is 338 g/mol. The Balaban J connectivity index is 1.52. The standard InChI is InChI=1S/C21H29N5O/c1-15-6-4-7-18(17(15)3)9-11-24-21(27)26-13-12-25(14-16(26)2)20-19(22)8-5-10-23-20/h4-8,10,16H,9,11-14,22H2,1-3H3,(H,24,27)/t16-/m1/s1. The summed E-state index contributed by atoms with van der Waals surface area (Å²) >= 11 is 0. The zero-order valence-electron chi connectivity index (χ0n) is 16.4. The number of nitrogens with two attached hydrogens (primary N) is 1. The number of hydrogen-bond acceptors (Lipinski definition) is 4. The molecule has 2 heterocycles. The molecule has 27 heavy (non-hydrogen) atoms. The van der Waals surface area contributed by atoms with Crippen LogP contribution in [0.5, 0.6) is 0 Å². The summed E-state index contributed by atoms with van der Waals surface area (Å²) in [5.41, 5.74) is 10.6. The molecule has 0 unspecified atom stereocenters. The van der Waals surface area contributed by atoms with Crippen LogP contribution in [0.4, 0.5) is 16.3 Å². The van der Waals surface area contributed by atoms with Crippen LogP contribution in [0.2, 0.25) is 0 Å². The molecular formula is C21H29N5O. The molecule has 1 atom stereocenters. The van der Waals surface area contributed by atoms with E-state index < -0.39 is 0 Å². The molecule has 1 aliphatic rings. The number of amides is 2. The topological polar surface area (TPSA) is 74.5 Å². The number of rotatable bonds is 4. The zero-order chi connectivity index (χ0) is 19.4. The van der Waals surface area contributed by atoms with E-state index in [0.29, 0.717) is 18.8 Å². The van der Waals surface area contributed by atoms with Gasteiger partial charge in [-0.3, -0.25) is 0 Å². The third kappa shape index (κ3) is 4.32. The van der Waals surface area contributed by atoms with Crippen LogP contribution in [0.1, 0.15) is 23.6 Å². The highest BCUT2D eigenvalue weighted by molar-refractivity contribution is 5.75. The molecule has 3 rings (SSSR count). The molecule has 1 aliphatic heterocycles. The highest BCUT2D eigenvalue weighted by atomic mass is 16.2. The number of urea groups is 1. The van der Waals surface area contributed by atoms with E-state index in [1.54, 1.807) is 6.20 Å². The second-order valence-electron chi connectivity index (χ2n) is 7.25. The predicted octanol–water partition coefficient (Wildman–Crippen LogP) is 2.74. The van der Waals surface area contributed by atoms with E-state index in [1.807, 2.05) is 17.0 Å². The van der Waals surface area contributed by atoms with Crippen LogP contribution >= 0.6 is 0 Å². The lowest BCUT2D eigenvalue weighted by molar-refractivity contribution is 0.171. The number of nitrogen functional groups attached to an aromatic ring is 1. The van der Waals surface area contributed by atoms with E-state index in [2.05, 4.69) is 54.2 Å². The van der Waals surface area contributed by atoms with Gasteiger partial charge in [0.1, 0.15) is 0 Å². The minimum atomic E-state index is 0.00134. The summed E-state index contributed by atoms with van der Waals surface area (Å²) in [6.45, 7) is 9.08. The Labute approximate surface area is 161 Å². The van der Waals surface area contributed by atoms with Crippen molar-refractivity contribution < 1.29 is 4.79 Å². The number of nitrogens with zero attached hydrogens (tertiary/aromatic N) is 3. The maximum Gasteiger partial charge on any atom is 0.317 e. The number of aromatic nitrogens is 1. The van der Waals surface area contributed by atoms with Crippen molar-refractivity contribution >= 4 is 17.5 Å². The van der Waals surface area contributed by atoms with Crippen LogP contribution in [0, 0.1) is 13.8 Å². The summed E-state index contributed by atoms with van der Waals surface area (Å²) < 4.78 is 0. The molecule has 6 nitrogen and oxygen atoms in total. The Hall–Kier alpha value is -2.76. The molecule has 1 aromatic carbocycles. The number of benzene rings is 1. The van der Waals surface area contributed by atoms with Gasteiger partial charge in [0, 0.05) is 38.4 Å². The second-order valence-corrected chi connectivity index (χ2v) is 7.25. The van der Waals surface area contributed by atoms with Crippen molar-refractivity contribution in [2.75, 3.05) is 36.8 Å². The van der Waals surface area contributed by atoms with Crippen molar-refractivity contribution in [1.82, 2.24) is 15.2 Å². The van der Waals surface area contributed by atoms with Gasteiger partial charge >= 0.3 is 6.03 Å². The lowest BCUT2D eigenvalue weighted by atomic mass is 10.0. The van der Waals surface area contributed by atoms with Gasteiger partial charge in [0.25, 0.3) is 0 Å². The largest absolute Gasteiger partial charge is 0.396 e. The first-order valence-corrected chi connectivity index (χ1v) is 9.52. The first-order valence-electron chi connectivity index (χ1n) is 9.52. The summed E-state index contributed by atoms with van der Waals surface area (Å²) in [7, 11) is 0. The average molecular weight is 367 g/mol. The van der Waals surface area contributed by atoms with E-state index in [-0.39, 0.29) is 12.1 Å². The lowest BCUT2D eigenvalue weighted by Crippen LogP contribution is -2.57. The molecule has 1 saturated heterocycles. The van der Waals surface area contributed by atoms with Crippen LogP contribution in [-0.2, 0) is 6.42 Å². The molecule has 1 aromatic heterocycles.